The summed E-state index contributed by atoms with van der Waals surface area (Å²) in [6.07, 6.45) is 3.99. The third kappa shape index (κ3) is 2.49. The van der Waals surface area contributed by atoms with Gasteiger partial charge in [0.05, 0.1) is 0 Å². The Bertz CT molecular complexity index is 522. The number of halogens is 1. The zero-order valence-corrected chi connectivity index (χ0v) is 9.39. The number of rotatable bonds is 3. The SMILES string of the molecule is O=c1c(Cl)nccn1CCc1ccccc1. The van der Waals surface area contributed by atoms with E-state index in [1.165, 1.54) is 11.8 Å². The molecule has 16 heavy (non-hydrogen) atoms. The summed E-state index contributed by atoms with van der Waals surface area (Å²) in [4.78, 5) is 15.3. The van der Waals surface area contributed by atoms with Crippen molar-refractivity contribution in [3.8, 4) is 0 Å². The van der Waals surface area contributed by atoms with Crippen molar-refractivity contribution < 1.29 is 0 Å². The monoisotopic (exact) mass is 234 g/mol. The second-order valence-electron chi connectivity index (χ2n) is 3.45. The molecule has 1 heterocycles. The molecule has 1 aromatic heterocycles. The third-order valence-electron chi connectivity index (χ3n) is 2.36. The summed E-state index contributed by atoms with van der Waals surface area (Å²) in [5.41, 5.74) is 0.961. The van der Waals surface area contributed by atoms with Gasteiger partial charge in [-0.3, -0.25) is 4.79 Å². The summed E-state index contributed by atoms with van der Waals surface area (Å²) < 4.78 is 1.57. The fourth-order valence-corrected chi connectivity index (χ4v) is 1.66. The maximum atomic E-state index is 11.6. The number of benzene rings is 1. The first kappa shape index (κ1) is 10.9. The van der Waals surface area contributed by atoms with Crippen LogP contribution >= 0.6 is 11.6 Å². The summed E-state index contributed by atoms with van der Waals surface area (Å²) in [7, 11) is 0. The van der Waals surface area contributed by atoms with Crippen molar-refractivity contribution in [1.29, 1.82) is 0 Å². The molecule has 2 rings (SSSR count). The van der Waals surface area contributed by atoms with Gasteiger partial charge in [-0.2, -0.15) is 0 Å². The van der Waals surface area contributed by atoms with Gasteiger partial charge in [-0.1, -0.05) is 41.9 Å². The van der Waals surface area contributed by atoms with E-state index in [-0.39, 0.29) is 10.7 Å². The molecule has 0 spiro atoms. The summed E-state index contributed by atoms with van der Waals surface area (Å²) in [6.45, 7) is 0.616. The van der Waals surface area contributed by atoms with Crippen molar-refractivity contribution >= 4 is 11.6 Å². The van der Waals surface area contributed by atoms with E-state index in [0.717, 1.165) is 6.42 Å². The van der Waals surface area contributed by atoms with Gasteiger partial charge in [0, 0.05) is 18.9 Å². The minimum atomic E-state index is -0.236. The molecular weight excluding hydrogens is 224 g/mol. The van der Waals surface area contributed by atoms with E-state index in [1.807, 2.05) is 30.3 Å². The average molecular weight is 235 g/mol. The van der Waals surface area contributed by atoms with Crippen molar-refractivity contribution in [2.75, 3.05) is 0 Å². The van der Waals surface area contributed by atoms with Crippen LogP contribution in [-0.2, 0) is 13.0 Å². The minimum Gasteiger partial charge on any atom is -0.311 e. The van der Waals surface area contributed by atoms with Crippen LogP contribution in [0.25, 0.3) is 0 Å². The van der Waals surface area contributed by atoms with Crippen LogP contribution in [0.4, 0.5) is 0 Å². The van der Waals surface area contributed by atoms with E-state index in [0.29, 0.717) is 6.54 Å². The summed E-state index contributed by atoms with van der Waals surface area (Å²) >= 11 is 5.65. The standard InChI is InChI=1S/C12H11ClN2O/c13-11-12(16)15(9-7-14-11)8-6-10-4-2-1-3-5-10/h1-5,7,9H,6,8H2. The molecule has 0 saturated carbocycles. The first-order valence-electron chi connectivity index (χ1n) is 5.02. The molecule has 0 N–H and O–H groups in total. The number of aromatic nitrogens is 2. The molecule has 0 fully saturated rings. The second kappa shape index (κ2) is 4.94. The number of hydrogen-bond acceptors (Lipinski definition) is 2. The number of nitrogens with zero attached hydrogens (tertiary/aromatic N) is 2. The molecule has 0 saturated heterocycles. The zero-order valence-electron chi connectivity index (χ0n) is 8.64. The minimum absolute atomic E-state index is 0.0237. The predicted octanol–water partition coefficient (Wildman–Crippen LogP) is 2.14. The van der Waals surface area contributed by atoms with Crippen LogP contribution in [0.3, 0.4) is 0 Å². The van der Waals surface area contributed by atoms with Crippen molar-refractivity contribution in [3.63, 3.8) is 0 Å². The lowest BCUT2D eigenvalue weighted by Gasteiger charge is -2.05. The van der Waals surface area contributed by atoms with Gasteiger partial charge in [-0.25, -0.2) is 4.98 Å². The Morgan fingerprint density at radius 2 is 2.00 bits per heavy atom. The Morgan fingerprint density at radius 1 is 1.25 bits per heavy atom. The first-order valence-corrected chi connectivity index (χ1v) is 5.40. The lowest BCUT2D eigenvalue weighted by atomic mass is 10.1. The molecule has 2 aromatic rings. The summed E-state index contributed by atoms with van der Waals surface area (Å²) in [5, 5.41) is 0.0237. The van der Waals surface area contributed by atoms with E-state index in [2.05, 4.69) is 4.98 Å². The predicted molar refractivity (Wildman–Crippen MR) is 63.7 cm³/mol. The van der Waals surface area contributed by atoms with Crippen LogP contribution in [0.2, 0.25) is 5.15 Å². The lowest BCUT2D eigenvalue weighted by molar-refractivity contribution is 0.663. The highest BCUT2D eigenvalue weighted by molar-refractivity contribution is 6.29. The van der Waals surface area contributed by atoms with E-state index in [9.17, 15) is 4.79 Å². The topological polar surface area (TPSA) is 34.9 Å². The normalized spacial score (nSPS) is 10.3. The van der Waals surface area contributed by atoms with Gasteiger partial charge in [-0.05, 0) is 12.0 Å². The Kier molecular flexibility index (Phi) is 3.37. The molecular formula is C12H11ClN2O. The molecule has 0 radical (unpaired) electrons. The maximum absolute atomic E-state index is 11.6. The highest BCUT2D eigenvalue weighted by Crippen LogP contribution is 2.01. The molecule has 0 aliphatic rings. The van der Waals surface area contributed by atoms with Crippen LogP contribution in [0, 0.1) is 0 Å². The average Bonchev–Trinajstić information content (AvgIpc) is 2.32. The highest BCUT2D eigenvalue weighted by atomic mass is 35.5. The molecule has 82 valence electrons. The van der Waals surface area contributed by atoms with E-state index >= 15 is 0 Å². The molecule has 4 heteroatoms. The molecule has 1 aromatic carbocycles. The van der Waals surface area contributed by atoms with Gasteiger partial charge in [-0.15, -0.1) is 0 Å². The van der Waals surface area contributed by atoms with Gasteiger partial charge in [0.1, 0.15) is 0 Å². The third-order valence-corrected chi connectivity index (χ3v) is 2.62. The van der Waals surface area contributed by atoms with E-state index in [4.69, 9.17) is 11.6 Å². The van der Waals surface area contributed by atoms with Crippen molar-refractivity contribution in [2.45, 2.75) is 13.0 Å². The smallest absolute Gasteiger partial charge is 0.288 e. The quantitative estimate of drug-likeness (QED) is 0.816. The van der Waals surface area contributed by atoms with Crippen LogP contribution in [0.15, 0.2) is 47.5 Å². The fourth-order valence-electron chi connectivity index (χ4n) is 1.49. The zero-order chi connectivity index (χ0) is 11.4. The molecule has 0 aliphatic heterocycles. The molecule has 0 amide bonds. The van der Waals surface area contributed by atoms with Crippen molar-refractivity contribution in [3.05, 3.63) is 63.8 Å². The Hall–Kier alpha value is -1.61. The Morgan fingerprint density at radius 3 is 2.75 bits per heavy atom. The van der Waals surface area contributed by atoms with Crippen LogP contribution in [-0.4, -0.2) is 9.55 Å². The first-order chi connectivity index (χ1) is 7.77. The number of hydrogen-bond donors (Lipinski definition) is 0. The van der Waals surface area contributed by atoms with Gasteiger partial charge >= 0.3 is 0 Å². The van der Waals surface area contributed by atoms with Gasteiger partial charge in [0.25, 0.3) is 5.56 Å². The fraction of sp³-hybridized carbons (Fsp3) is 0.167. The van der Waals surface area contributed by atoms with Crippen LogP contribution in [0.5, 0.6) is 0 Å². The second-order valence-corrected chi connectivity index (χ2v) is 3.81. The van der Waals surface area contributed by atoms with Crippen molar-refractivity contribution in [1.82, 2.24) is 9.55 Å². The van der Waals surface area contributed by atoms with Crippen LogP contribution in [0.1, 0.15) is 5.56 Å². The highest BCUT2D eigenvalue weighted by Gasteiger charge is 2.01. The van der Waals surface area contributed by atoms with Crippen LogP contribution < -0.4 is 5.56 Å². The molecule has 0 aliphatic carbocycles. The number of aryl methyl sites for hydroxylation is 2. The van der Waals surface area contributed by atoms with E-state index in [1.54, 1.807) is 10.8 Å². The van der Waals surface area contributed by atoms with Gasteiger partial charge < -0.3 is 4.57 Å². The molecule has 0 unspecified atom stereocenters. The maximum Gasteiger partial charge on any atom is 0.288 e. The van der Waals surface area contributed by atoms with E-state index < -0.39 is 0 Å². The van der Waals surface area contributed by atoms with Gasteiger partial charge in [0.2, 0.25) is 0 Å². The van der Waals surface area contributed by atoms with Crippen molar-refractivity contribution in [2.24, 2.45) is 0 Å². The largest absolute Gasteiger partial charge is 0.311 e. The lowest BCUT2D eigenvalue weighted by Crippen LogP contribution is -2.21. The summed E-state index contributed by atoms with van der Waals surface area (Å²) in [6, 6.07) is 10.0. The van der Waals surface area contributed by atoms with Gasteiger partial charge in [0.15, 0.2) is 5.15 Å². The Labute approximate surface area is 98.3 Å². The molecule has 0 bridgehead atoms. The Balaban J connectivity index is 2.11. The molecule has 0 atom stereocenters. The molecule has 3 nitrogen and oxygen atoms in total. The summed E-state index contributed by atoms with van der Waals surface area (Å²) in [5.74, 6) is 0.